The first kappa shape index (κ1) is 19.2. The standard InChI is InChI=1S/C18H18F2N2O4/c1-9-5-4-6-15(10(9)2)26-11(3)17(24)21-22-18(25)16-13(20)7-12(19)8-14(16)23/h4-8,11,23H,1-3H3,(H,21,24)(H,22,25). The fourth-order valence-electron chi connectivity index (χ4n) is 2.16. The Bertz CT molecular complexity index is 832. The SMILES string of the molecule is Cc1cccc(OC(C)C(=O)NNC(=O)c2c(O)cc(F)cc2F)c1C. The van der Waals surface area contributed by atoms with Gasteiger partial charge in [-0.2, -0.15) is 0 Å². The summed E-state index contributed by atoms with van der Waals surface area (Å²) in [5.74, 6) is -4.48. The van der Waals surface area contributed by atoms with Gasteiger partial charge < -0.3 is 9.84 Å². The van der Waals surface area contributed by atoms with E-state index in [9.17, 15) is 23.5 Å². The van der Waals surface area contributed by atoms with Gasteiger partial charge in [-0.05, 0) is 38.0 Å². The lowest BCUT2D eigenvalue weighted by atomic mass is 10.1. The topological polar surface area (TPSA) is 87.7 Å². The van der Waals surface area contributed by atoms with Gasteiger partial charge in [-0.25, -0.2) is 8.78 Å². The van der Waals surface area contributed by atoms with Gasteiger partial charge >= 0.3 is 0 Å². The second-order valence-electron chi connectivity index (χ2n) is 5.68. The highest BCUT2D eigenvalue weighted by molar-refractivity contribution is 5.98. The molecule has 0 saturated carbocycles. The molecule has 2 rings (SSSR count). The summed E-state index contributed by atoms with van der Waals surface area (Å²) in [6.45, 7) is 5.22. The Morgan fingerprint density at radius 1 is 1.15 bits per heavy atom. The minimum absolute atomic E-state index is 0.447. The number of rotatable bonds is 4. The highest BCUT2D eigenvalue weighted by Crippen LogP contribution is 2.22. The fraction of sp³-hybridized carbons (Fsp3) is 0.222. The number of amides is 2. The summed E-state index contributed by atoms with van der Waals surface area (Å²) in [5.41, 5.74) is 5.10. The van der Waals surface area contributed by atoms with Crippen molar-refractivity contribution in [3.63, 3.8) is 0 Å². The predicted octanol–water partition coefficient (Wildman–Crippen LogP) is 2.52. The van der Waals surface area contributed by atoms with Gasteiger partial charge in [-0.3, -0.25) is 20.4 Å². The highest BCUT2D eigenvalue weighted by atomic mass is 19.1. The van der Waals surface area contributed by atoms with Crippen LogP contribution in [0.3, 0.4) is 0 Å². The predicted molar refractivity (Wildman–Crippen MR) is 89.6 cm³/mol. The molecule has 0 heterocycles. The summed E-state index contributed by atoms with van der Waals surface area (Å²) in [6.07, 6.45) is -0.956. The average molecular weight is 364 g/mol. The molecule has 3 N–H and O–H groups in total. The fourth-order valence-corrected chi connectivity index (χ4v) is 2.16. The second kappa shape index (κ2) is 7.81. The van der Waals surface area contributed by atoms with Crippen LogP contribution in [0.25, 0.3) is 0 Å². The number of carbonyl (C=O) groups is 2. The molecule has 0 aliphatic rings. The number of aromatic hydroxyl groups is 1. The van der Waals surface area contributed by atoms with Crippen molar-refractivity contribution in [2.24, 2.45) is 0 Å². The van der Waals surface area contributed by atoms with Crippen molar-refractivity contribution >= 4 is 11.8 Å². The van der Waals surface area contributed by atoms with Crippen LogP contribution in [0.15, 0.2) is 30.3 Å². The van der Waals surface area contributed by atoms with E-state index in [0.29, 0.717) is 17.9 Å². The third-order valence-corrected chi connectivity index (χ3v) is 3.79. The van der Waals surface area contributed by atoms with Gasteiger partial charge in [0.15, 0.2) is 6.10 Å². The summed E-state index contributed by atoms with van der Waals surface area (Å²) < 4.78 is 32.1. The zero-order valence-electron chi connectivity index (χ0n) is 14.4. The molecule has 2 aromatic carbocycles. The van der Waals surface area contributed by atoms with E-state index in [4.69, 9.17) is 4.74 Å². The molecule has 6 nitrogen and oxygen atoms in total. The smallest absolute Gasteiger partial charge is 0.279 e. The minimum atomic E-state index is -1.26. The van der Waals surface area contributed by atoms with E-state index < -0.39 is 40.9 Å². The average Bonchev–Trinajstić information content (AvgIpc) is 2.55. The van der Waals surface area contributed by atoms with Crippen LogP contribution in [0, 0.1) is 25.5 Å². The van der Waals surface area contributed by atoms with Crippen LogP contribution in [0.1, 0.15) is 28.4 Å². The van der Waals surface area contributed by atoms with Crippen LogP contribution in [0.5, 0.6) is 11.5 Å². The molecule has 0 fully saturated rings. The summed E-state index contributed by atoms with van der Waals surface area (Å²) in [4.78, 5) is 23.9. The molecule has 26 heavy (non-hydrogen) atoms. The van der Waals surface area contributed by atoms with Gasteiger partial charge in [0.1, 0.15) is 28.7 Å². The van der Waals surface area contributed by atoms with Crippen LogP contribution < -0.4 is 15.6 Å². The minimum Gasteiger partial charge on any atom is -0.507 e. The molecule has 0 spiro atoms. The molecule has 8 heteroatoms. The first-order chi connectivity index (χ1) is 12.2. The number of phenolic OH excluding ortho intramolecular Hbond substituents is 1. The van der Waals surface area contributed by atoms with Gasteiger partial charge in [0, 0.05) is 12.1 Å². The zero-order chi connectivity index (χ0) is 19.4. The number of halogens is 2. The first-order valence-corrected chi connectivity index (χ1v) is 7.71. The van der Waals surface area contributed by atoms with Gasteiger partial charge in [-0.15, -0.1) is 0 Å². The van der Waals surface area contributed by atoms with Crippen molar-refractivity contribution in [2.75, 3.05) is 0 Å². The van der Waals surface area contributed by atoms with E-state index >= 15 is 0 Å². The Kier molecular flexibility index (Phi) is 5.76. The number of nitrogens with one attached hydrogen (secondary N) is 2. The Hall–Kier alpha value is -3.16. The Balaban J connectivity index is 2.00. The van der Waals surface area contributed by atoms with Crippen molar-refractivity contribution in [1.29, 1.82) is 0 Å². The summed E-state index contributed by atoms with van der Waals surface area (Å²) in [5, 5.41) is 9.49. The van der Waals surface area contributed by atoms with Crippen molar-refractivity contribution in [3.05, 3.63) is 58.7 Å². The third-order valence-electron chi connectivity index (χ3n) is 3.79. The Labute approximate surface area is 148 Å². The molecule has 0 aliphatic heterocycles. The monoisotopic (exact) mass is 364 g/mol. The summed E-state index contributed by atoms with van der Waals surface area (Å²) >= 11 is 0. The molecular weight excluding hydrogens is 346 g/mol. The summed E-state index contributed by atoms with van der Waals surface area (Å²) in [6, 6.07) is 6.42. The van der Waals surface area contributed by atoms with E-state index in [1.165, 1.54) is 6.92 Å². The highest BCUT2D eigenvalue weighted by Gasteiger charge is 2.21. The maximum atomic E-state index is 13.6. The van der Waals surface area contributed by atoms with E-state index in [2.05, 4.69) is 5.43 Å². The molecule has 2 aromatic rings. The lowest BCUT2D eigenvalue weighted by molar-refractivity contribution is -0.128. The largest absolute Gasteiger partial charge is 0.507 e. The lowest BCUT2D eigenvalue weighted by Gasteiger charge is -2.17. The number of benzene rings is 2. The van der Waals surface area contributed by atoms with Gasteiger partial charge in [-0.1, -0.05) is 12.1 Å². The van der Waals surface area contributed by atoms with E-state index in [1.807, 2.05) is 25.3 Å². The first-order valence-electron chi connectivity index (χ1n) is 7.71. The molecule has 0 aliphatic carbocycles. The summed E-state index contributed by atoms with van der Waals surface area (Å²) in [7, 11) is 0. The quantitative estimate of drug-likeness (QED) is 0.728. The molecular formula is C18H18F2N2O4. The molecule has 2 amide bonds. The van der Waals surface area contributed by atoms with Crippen LogP contribution in [0.4, 0.5) is 8.78 Å². The zero-order valence-corrected chi connectivity index (χ0v) is 14.4. The van der Waals surface area contributed by atoms with E-state index in [-0.39, 0.29) is 0 Å². The molecule has 138 valence electrons. The second-order valence-corrected chi connectivity index (χ2v) is 5.68. The van der Waals surface area contributed by atoms with Crippen LogP contribution in [0.2, 0.25) is 0 Å². The van der Waals surface area contributed by atoms with Gasteiger partial charge in [0.05, 0.1) is 0 Å². The molecule has 0 saturated heterocycles. The molecule has 0 radical (unpaired) electrons. The lowest BCUT2D eigenvalue weighted by Crippen LogP contribution is -2.47. The molecule has 0 aromatic heterocycles. The van der Waals surface area contributed by atoms with Gasteiger partial charge in [0.25, 0.3) is 11.8 Å². The van der Waals surface area contributed by atoms with Crippen LogP contribution >= 0.6 is 0 Å². The van der Waals surface area contributed by atoms with Crippen molar-refractivity contribution in [1.82, 2.24) is 10.9 Å². The number of aryl methyl sites for hydroxylation is 1. The number of hydrogen-bond donors (Lipinski definition) is 3. The molecule has 0 bridgehead atoms. The van der Waals surface area contributed by atoms with Crippen LogP contribution in [-0.4, -0.2) is 23.0 Å². The normalized spacial score (nSPS) is 11.6. The number of phenols is 1. The van der Waals surface area contributed by atoms with Crippen molar-refractivity contribution in [3.8, 4) is 11.5 Å². The Morgan fingerprint density at radius 3 is 2.50 bits per heavy atom. The van der Waals surface area contributed by atoms with E-state index in [1.54, 1.807) is 12.1 Å². The third kappa shape index (κ3) is 4.27. The number of ether oxygens (including phenoxy) is 1. The molecule has 1 atom stereocenters. The van der Waals surface area contributed by atoms with Crippen molar-refractivity contribution < 1.29 is 28.2 Å². The maximum absolute atomic E-state index is 13.6. The molecule has 1 unspecified atom stereocenters. The van der Waals surface area contributed by atoms with Gasteiger partial charge in [0.2, 0.25) is 0 Å². The van der Waals surface area contributed by atoms with Crippen molar-refractivity contribution in [2.45, 2.75) is 26.9 Å². The van der Waals surface area contributed by atoms with Crippen LogP contribution in [-0.2, 0) is 4.79 Å². The maximum Gasteiger partial charge on any atom is 0.279 e. The van der Waals surface area contributed by atoms with E-state index in [0.717, 1.165) is 11.1 Å². The number of hydrazine groups is 1. The number of carbonyl (C=O) groups excluding carboxylic acids is 2. The number of hydrogen-bond acceptors (Lipinski definition) is 4. The Morgan fingerprint density at radius 2 is 1.85 bits per heavy atom.